The van der Waals surface area contributed by atoms with Crippen molar-refractivity contribution < 1.29 is 4.74 Å². The molecule has 4 aromatic rings. The zero-order valence-corrected chi connectivity index (χ0v) is 15.7. The maximum atomic E-state index is 12.7. The summed E-state index contributed by atoms with van der Waals surface area (Å²) in [6, 6.07) is 19.6. The van der Waals surface area contributed by atoms with Crippen LogP contribution in [0.2, 0.25) is 0 Å². The first kappa shape index (κ1) is 16.9. The molecule has 0 fully saturated rings. The lowest BCUT2D eigenvalue weighted by Crippen LogP contribution is -2.16. The Balaban J connectivity index is 1.42. The first-order valence-electron chi connectivity index (χ1n) is 9.81. The molecule has 0 atom stereocenters. The van der Waals surface area contributed by atoms with E-state index in [4.69, 9.17) is 4.74 Å². The van der Waals surface area contributed by atoms with E-state index in [0.717, 1.165) is 29.6 Å². The minimum atomic E-state index is -0.0961. The molecule has 1 N–H and O–H groups in total. The second-order valence-corrected chi connectivity index (χ2v) is 7.36. The van der Waals surface area contributed by atoms with E-state index in [-0.39, 0.29) is 5.56 Å². The summed E-state index contributed by atoms with van der Waals surface area (Å²) >= 11 is 0. The molecule has 2 heterocycles. The van der Waals surface area contributed by atoms with Crippen LogP contribution in [-0.4, -0.2) is 9.55 Å². The van der Waals surface area contributed by atoms with Gasteiger partial charge in [-0.3, -0.25) is 9.36 Å². The Kier molecular flexibility index (Phi) is 4.24. The van der Waals surface area contributed by atoms with Gasteiger partial charge in [-0.25, -0.2) is 0 Å². The maximum Gasteiger partial charge on any atom is 0.258 e. The van der Waals surface area contributed by atoms with Gasteiger partial charge in [-0.15, -0.1) is 0 Å². The summed E-state index contributed by atoms with van der Waals surface area (Å²) in [5.74, 6) is 0.585. The first-order valence-corrected chi connectivity index (χ1v) is 9.81. The van der Waals surface area contributed by atoms with Gasteiger partial charge in [0.05, 0.1) is 5.69 Å². The van der Waals surface area contributed by atoms with Crippen molar-refractivity contribution in [1.82, 2.24) is 9.55 Å². The van der Waals surface area contributed by atoms with Gasteiger partial charge in [-0.2, -0.15) is 0 Å². The molecule has 5 rings (SSSR count). The number of hydrogen-bond donors (Lipinski definition) is 1. The summed E-state index contributed by atoms with van der Waals surface area (Å²) in [7, 11) is 0. The van der Waals surface area contributed by atoms with Gasteiger partial charge in [0.25, 0.3) is 5.56 Å². The van der Waals surface area contributed by atoms with E-state index in [1.165, 1.54) is 29.5 Å². The summed E-state index contributed by atoms with van der Waals surface area (Å²) < 4.78 is 7.43. The van der Waals surface area contributed by atoms with Crippen molar-refractivity contribution in [2.45, 2.75) is 32.3 Å². The topological polar surface area (TPSA) is 47.0 Å². The molecule has 1 aliphatic rings. The second-order valence-electron chi connectivity index (χ2n) is 7.36. The summed E-state index contributed by atoms with van der Waals surface area (Å²) in [5.41, 5.74) is 5.76. The molecule has 0 amide bonds. The number of hydrogen-bond acceptors (Lipinski definition) is 2. The average molecular weight is 370 g/mol. The number of aromatic amines is 1. The molecule has 0 bridgehead atoms. The van der Waals surface area contributed by atoms with E-state index >= 15 is 0 Å². The van der Waals surface area contributed by atoms with Crippen LogP contribution in [0.5, 0.6) is 5.75 Å². The number of pyridine rings is 1. The quantitative estimate of drug-likeness (QED) is 0.562. The van der Waals surface area contributed by atoms with E-state index in [9.17, 15) is 4.79 Å². The SMILES string of the molecule is O=c1cc(OCc2ccccc2)ccn1-c1ccc2c3c([nH]c2c1)CCCC3. The van der Waals surface area contributed by atoms with Crippen LogP contribution < -0.4 is 10.3 Å². The van der Waals surface area contributed by atoms with Crippen LogP contribution in [0.4, 0.5) is 0 Å². The number of fused-ring (bicyclic) bond motifs is 3. The van der Waals surface area contributed by atoms with E-state index in [1.54, 1.807) is 16.8 Å². The van der Waals surface area contributed by atoms with Crippen LogP contribution in [-0.2, 0) is 19.4 Å². The normalized spacial score (nSPS) is 13.4. The molecular weight excluding hydrogens is 348 g/mol. The Hall–Kier alpha value is -3.27. The molecule has 0 radical (unpaired) electrons. The lowest BCUT2D eigenvalue weighted by atomic mass is 9.96. The summed E-state index contributed by atoms with van der Waals surface area (Å²) in [6.07, 6.45) is 6.55. The van der Waals surface area contributed by atoms with Crippen LogP contribution in [0.3, 0.4) is 0 Å². The Labute approximate surface area is 163 Å². The average Bonchev–Trinajstić information content (AvgIpc) is 3.11. The molecule has 0 aliphatic heterocycles. The summed E-state index contributed by atoms with van der Waals surface area (Å²) in [6.45, 7) is 0.449. The third-order valence-electron chi connectivity index (χ3n) is 5.50. The molecule has 4 nitrogen and oxygen atoms in total. The zero-order chi connectivity index (χ0) is 18.9. The highest BCUT2D eigenvalue weighted by molar-refractivity contribution is 5.86. The predicted octanol–water partition coefficient (Wildman–Crippen LogP) is 4.78. The highest BCUT2D eigenvalue weighted by Crippen LogP contribution is 2.30. The molecule has 1 aliphatic carbocycles. The van der Waals surface area contributed by atoms with Gasteiger partial charge in [0.2, 0.25) is 0 Å². The van der Waals surface area contributed by atoms with E-state index in [2.05, 4.69) is 17.1 Å². The van der Waals surface area contributed by atoms with Crippen LogP contribution in [0, 0.1) is 0 Å². The number of H-pyrrole nitrogens is 1. The van der Waals surface area contributed by atoms with Gasteiger partial charge in [0, 0.05) is 28.9 Å². The summed E-state index contributed by atoms with van der Waals surface area (Å²) in [4.78, 5) is 16.2. The van der Waals surface area contributed by atoms with Gasteiger partial charge in [-0.05, 0) is 55.0 Å². The number of aryl methyl sites for hydroxylation is 2. The Bertz CT molecular complexity index is 1190. The minimum Gasteiger partial charge on any atom is -0.489 e. The maximum absolute atomic E-state index is 12.7. The molecule has 2 aromatic heterocycles. The fraction of sp³-hybridized carbons (Fsp3) is 0.208. The van der Waals surface area contributed by atoms with Crippen molar-refractivity contribution in [3.63, 3.8) is 0 Å². The molecule has 0 saturated heterocycles. The van der Waals surface area contributed by atoms with Crippen LogP contribution >= 0.6 is 0 Å². The zero-order valence-electron chi connectivity index (χ0n) is 15.7. The molecule has 0 unspecified atom stereocenters. The predicted molar refractivity (Wildman–Crippen MR) is 111 cm³/mol. The standard InChI is InChI=1S/C24H22N2O2/c27-24-15-19(28-16-17-6-2-1-3-7-17)12-13-26(24)18-10-11-21-20-8-4-5-9-22(20)25-23(21)14-18/h1-3,6-7,10-15,25H,4-5,8-9,16H2. The number of rotatable bonds is 4. The van der Waals surface area contributed by atoms with Gasteiger partial charge < -0.3 is 9.72 Å². The fourth-order valence-corrected chi connectivity index (χ4v) is 4.06. The number of nitrogens with zero attached hydrogens (tertiary/aromatic N) is 1. The molecule has 140 valence electrons. The smallest absolute Gasteiger partial charge is 0.258 e. The summed E-state index contributed by atoms with van der Waals surface area (Å²) in [5, 5.41) is 1.29. The van der Waals surface area contributed by atoms with Crippen molar-refractivity contribution in [1.29, 1.82) is 0 Å². The Morgan fingerprint density at radius 2 is 1.82 bits per heavy atom. The molecule has 0 spiro atoms. The van der Waals surface area contributed by atoms with Crippen LogP contribution in [0.15, 0.2) is 71.7 Å². The largest absolute Gasteiger partial charge is 0.489 e. The molecule has 0 saturated carbocycles. The van der Waals surface area contributed by atoms with E-state index < -0.39 is 0 Å². The lowest BCUT2D eigenvalue weighted by molar-refractivity contribution is 0.305. The van der Waals surface area contributed by atoms with Gasteiger partial charge in [0.1, 0.15) is 12.4 Å². The van der Waals surface area contributed by atoms with Crippen molar-refractivity contribution in [2.24, 2.45) is 0 Å². The third kappa shape index (κ3) is 3.11. The number of nitrogens with one attached hydrogen (secondary N) is 1. The second kappa shape index (κ2) is 7.04. The Morgan fingerprint density at radius 3 is 2.68 bits per heavy atom. The minimum absolute atomic E-state index is 0.0961. The molecule has 4 heteroatoms. The van der Waals surface area contributed by atoms with Crippen molar-refractivity contribution in [3.8, 4) is 11.4 Å². The van der Waals surface area contributed by atoms with Gasteiger partial charge in [-0.1, -0.05) is 36.4 Å². The number of ether oxygens (including phenoxy) is 1. The number of benzene rings is 2. The third-order valence-corrected chi connectivity index (χ3v) is 5.50. The highest BCUT2D eigenvalue weighted by atomic mass is 16.5. The van der Waals surface area contributed by atoms with Crippen LogP contribution in [0.25, 0.3) is 16.6 Å². The van der Waals surface area contributed by atoms with Crippen molar-refractivity contribution in [2.75, 3.05) is 0 Å². The molecule has 28 heavy (non-hydrogen) atoms. The molecular formula is C24H22N2O2. The molecule has 2 aromatic carbocycles. The number of aromatic nitrogens is 2. The van der Waals surface area contributed by atoms with E-state index in [1.807, 2.05) is 42.5 Å². The highest BCUT2D eigenvalue weighted by Gasteiger charge is 2.15. The van der Waals surface area contributed by atoms with Gasteiger partial charge in [0.15, 0.2) is 0 Å². The first-order chi connectivity index (χ1) is 13.8. The van der Waals surface area contributed by atoms with Crippen molar-refractivity contribution in [3.05, 3.63) is 94.0 Å². The van der Waals surface area contributed by atoms with Crippen LogP contribution in [0.1, 0.15) is 29.7 Å². The van der Waals surface area contributed by atoms with Gasteiger partial charge >= 0.3 is 0 Å². The van der Waals surface area contributed by atoms with Crippen molar-refractivity contribution >= 4 is 10.9 Å². The van der Waals surface area contributed by atoms with E-state index in [0.29, 0.717) is 12.4 Å². The monoisotopic (exact) mass is 370 g/mol. The Morgan fingerprint density at radius 1 is 0.964 bits per heavy atom. The lowest BCUT2D eigenvalue weighted by Gasteiger charge is -2.10. The fourth-order valence-electron chi connectivity index (χ4n) is 4.06.